The molecule has 4 heteroatoms. The van der Waals surface area contributed by atoms with Crippen LogP contribution in [0.25, 0.3) is 0 Å². The molecule has 0 heterocycles. The topological polar surface area (TPSA) is 45.0 Å². The van der Waals surface area contributed by atoms with Crippen LogP contribution < -0.4 is 10.1 Å². The van der Waals surface area contributed by atoms with Gasteiger partial charge in [-0.2, -0.15) is 5.26 Å². The monoisotopic (exact) mass is 286 g/mol. The van der Waals surface area contributed by atoms with E-state index in [0.717, 1.165) is 11.1 Å². The molecule has 0 atom stereocenters. The number of halogens is 1. The average Bonchev–Trinajstić information content (AvgIpc) is 2.47. The van der Waals surface area contributed by atoms with Crippen LogP contribution in [0.3, 0.4) is 0 Å². The third kappa shape index (κ3) is 3.30. The van der Waals surface area contributed by atoms with Crippen LogP contribution in [0.15, 0.2) is 42.5 Å². The van der Waals surface area contributed by atoms with Gasteiger partial charge in [0, 0.05) is 17.7 Å². The molecule has 0 aliphatic heterocycles. The van der Waals surface area contributed by atoms with E-state index in [9.17, 15) is 0 Å². The second-order valence-corrected chi connectivity index (χ2v) is 4.72. The third-order valence-electron chi connectivity index (χ3n) is 2.93. The van der Waals surface area contributed by atoms with Crippen molar-refractivity contribution in [2.45, 2.75) is 13.2 Å². The summed E-state index contributed by atoms with van der Waals surface area (Å²) in [7, 11) is 1.87. The van der Waals surface area contributed by atoms with E-state index in [1.165, 1.54) is 0 Å². The van der Waals surface area contributed by atoms with Gasteiger partial charge in [-0.3, -0.25) is 0 Å². The average molecular weight is 287 g/mol. The summed E-state index contributed by atoms with van der Waals surface area (Å²) < 4.78 is 5.83. The van der Waals surface area contributed by atoms with Crippen molar-refractivity contribution >= 4 is 11.6 Å². The van der Waals surface area contributed by atoms with Gasteiger partial charge in [-0.15, -0.1) is 0 Å². The molecule has 2 aromatic carbocycles. The standard InChI is InChI=1S/C16H15ClN2O/c1-19-10-13-7-4-8-15(17)16(13)20-11-14-6-3-2-5-12(14)9-18/h2-8,19H,10-11H2,1H3. The highest BCUT2D eigenvalue weighted by atomic mass is 35.5. The van der Waals surface area contributed by atoms with Crippen LogP contribution in [-0.4, -0.2) is 7.05 Å². The number of para-hydroxylation sites is 1. The molecule has 0 amide bonds. The molecule has 102 valence electrons. The van der Waals surface area contributed by atoms with Gasteiger partial charge >= 0.3 is 0 Å². The fourth-order valence-electron chi connectivity index (χ4n) is 1.95. The van der Waals surface area contributed by atoms with Crippen molar-refractivity contribution in [3.63, 3.8) is 0 Å². The summed E-state index contributed by atoms with van der Waals surface area (Å²) >= 11 is 6.19. The molecule has 0 bridgehead atoms. The van der Waals surface area contributed by atoms with Crippen LogP contribution >= 0.6 is 11.6 Å². The maximum absolute atomic E-state index is 9.07. The Hall–Kier alpha value is -2.02. The molecule has 0 saturated carbocycles. The van der Waals surface area contributed by atoms with Crippen LogP contribution in [-0.2, 0) is 13.2 Å². The quantitative estimate of drug-likeness (QED) is 0.915. The SMILES string of the molecule is CNCc1cccc(Cl)c1OCc1ccccc1C#N. The van der Waals surface area contributed by atoms with Crippen molar-refractivity contribution in [1.82, 2.24) is 5.32 Å². The Morgan fingerprint density at radius 1 is 1.15 bits per heavy atom. The molecule has 0 fully saturated rings. The first-order valence-corrected chi connectivity index (χ1v) is 6.67. The Bertz CT molecular complexity index is 635. The van der Waals surface area contributed by atoms with Gasteiger partial charge in [-0.1, -0.05) is 41.9 Å². The normalized spacial score (nSPS) is 10.1. The molecular formula is C16H15ClN2O. The van der Waals surface area contributed by atoms with Gasteiger partial charge in [-0.25, -0.2) is 0 Å². The van der Waals surface area contributed by atoms with Crippen molar-refractivity contribution in [2.75, 3.05) is 7.05 Å². The number of rotatable bonds is 5. The Morgan fingerprint density at radius 2 is 1.90 bits per heavy atom. The lowest BCUT2D eigenvalue weighted by Crippen LogP contribution is -2.08. The molecule has 0 spiro atoms. The van der Waals surface area contributed by atoms with Crippen molar-refractivity contribution in [3.8, 4) is 11.8 Å². The van der Waals surface area contributed by atoms with E-state index in [1.54, 1.807) is 12.1 Å². The molecule has 0 saturated heterocycles. The minimum absolute atomic E-state index is 0.324. The summed E-state index contributed by atoms with van der Waals surface area (Å²) in [5.74, 6) is 0.663. The summed E-state index contributed by atoms with van der Waals surface area (Å²) in [6.07, 6.45) is 0. The van der Waals surface area contributed by atoms with Crippen molar-refractivity contribution < 1.29 is 4.74 Å². The molecule has 0 unspecified atom stereocenters. The molecular weight excluding hydrogens is 272 g/mol. The van der Waals surface area contributed by atoms with Crippen molar-refractivity contribution in [3.05, 3.63) is 64.2 Å². The summed E-state index contributed by atoms with van der Waals surface area (Å²) in [5, 5.41) is 12.7. The Kier molecular flexibility index (Phi) is 5.00. The molecule has 0 aliphatic rings. The molecule has 1 N–H and O–H groups in total. The fourth-order valence-corrected chi connectivity index (χ4v) is 2.20. The maximum atomic E-state index is 9.07. The lowest BCUT2D eigenvalue weighted by atomic mass is 10.1. The molecule has 0 aromatic heterocycles. The third-order valence-corrected chi connectivity index (χ3v) is 3.22. The fraction of sp³-hybridized carbons (Fsp3) is 0.188. The summed E-state index contributed by atoms with van der Waals surface area (Å²) in [5.41, 5.74) is 2.47. The number of nitrogens with zero attached hydrogens (tertiary/aromatic N) is 1. The molecule has 0 radical (unpaired) electrons. The highest BCUT2D eigenvalue weighted by Crippen LogP contribution is 2.29. The van der Waals surface area contributed by atoms with Gasteiger partial charge in [0.15, 0.2) is 0 Å². The van der Waals surface area contributed by atoms with Gasteiger partial charge in [0.1, 0.15) is 12.4 Å². The first-order valence-electron chi connectivity index (χ1n) is 6.29. The Balaban J connectivity index is 2.21. The highest BCUT2D eigenvalue weighted by Gasteiger charge is 2.09. The van der Waals surface area contributed by atoms with E-state index in [-0.39, 0.29) is 0 Å². The van der Waals surface area contributed by atoms with Gasteiger partial charge in [-0.05, 0) is 19.2 Å². The second-order valence-electron chi connectivity index (χ2n) is 4.32. The zero-order chi connectivity index (χ0) is 14.4. The van der Waals surface area contributed by atoms with E-state index in [2.05, 4.69) is 11.4 Å². The van der Waals surface area contributed by atoms with Gasteiger partial charge in [0.2, 0.25) is 0 Å². The zero-order valence-electron chi connectivity index (χ0n) is 11.2. The lowest BCUT2D eigenvalue weighted by molar-refractivity contribution is 0.302. The number of nitriles is 1. The van der Waals surface area contributed by atoms with E-state index in [1.807, 2.05) is 37.4 Å². The van der Waals surface area contributed by atoms with E-state index in [0.29, 0.717) is 29.5 Å². The highest BCUT2D eigenvalue weighted by molar-refractivity contribution is 6.32. The smallest absolute Gasteiger partial charge is 0.142 e. The van der Waals surface area contributed by atoms with Crippen molar-refractivity contribution in [2.24, 2.45) is 0 Å². The number of hydrogen-bond donors (Lipinski definition) is 1. The zero-order valence-corrected chi connectivity index (χ0v) is 11.9. The van der Waals surface area contributed by atoms with Crippen LogP contribution in [0.4, 0.5) is 0 Å². The van der Waals surface area contributed by atoms with Crippen molar-refractivity contribution in [1.29, 1.82) is 5.26 Å². The molecule has 3 nitrogen and oxygen atoms in total. The Labute approximate surface area is 123 Å². The minimum atomic E-state index is 0.324. The lowest BCUT2D eigenvalue weighted by Gasteiger charge is -2.13. The largest absolute Gasteiger partial charge is 0.487 e. The number of benzene rings is 2. The van der Waals surface area contributed by atoms with E-state index >= 15 is 0 Å². The van der Waals surface area contributed by atoms with E-state index in [4.69, 9.17) is 21.6 Å². The van der Waals surface area contributed by atoms with Crippen LogP contribution in [0.2, 0.25) is 5.02 Å². The van der Waals surface area contributed by atoms with Gasteiger partial charge in [0.05, 0.1) is 16.7 Å². The number of nitrogens with one attached hydrogen (secondary N) is 1. The maximum Gasteiger partial charge on any atom is 0.142 e. The van der Waals surface area contributed by atoms with E-state index < -0.39 is 0 Å². The first kappa shape index (κ1) is 14.4. The Morgan fingerprint density at radius 3 is 2.65 bits per heavy atom. The predicted molar refractivity (Wildman–Crippen MR) is 79.7 cm³/mol. The van der Waals surface area contributed by atoms with Gasteiger partial charge < -0.3 is 10.1 Å². The van der Waals surface area contributed by atoms with Gasteiger partial charge in [0.25, 0.3) is 0 Å². The molecule has 2 rings (SSSR count). The predicted octanol–water partition coefficient (Wildman–Crippen LogP) is 3.51. The summed E-state index contributed by atoms with van der Waals surface area (Å²) in [4.78, 5) is 0. The van der Waals surface area contributed by atoms with Crippen LogP contribution in [0.5, 0.6) is 5.75 Å². The first-order chi connectivity index (χ1) is 9.76. The molecule has 0 aliphatic carbocycles. The molecule has 2 aromatic rings. The number of hydrogen-bond acceptors (Lipinski definition) is 3. The summed E-state index contributed by atoms with van der Waals surface area (Å²) in [6.45, 7) is 1.000. The summed E-state index contributed by atoms with van der Waals surface area (Å²) in [6, 6.07) is 15.2. The second kappa shape index (κ2) is 6.95. The number of ether oxygens (including phenoxy) is 1. The minimum Gasteiger partial charge on any atom is -0.487 e. The molecule has 20 heavy (non-hydrogen) atoms. The van der Waals surface area contributed by atoms with Crippen LogP contribution in [0, 0.1) is 11.3 Å². The van der Waals surface area contributed by atoms with Crippen LogP contribution in [0.1, 0.15) is 16.7 Å².